The molecule has 0 aliphatic carbocycles. The molecule has 2 aliphatic heterocycles. The van der Waals surface area contributed by atoms with Crippen molar-refractivity contribution in [1.29, 1.82) is 0 Å². The molecule has 1 aromatic heterocycles. The number of fused-ring (bicyclic) bond motifs is 3. The van der Waals surface area contributed by atoms with Gasteiger partial charge in [-0.25, -0.2) is 0 Å². The maximum Gasteiger partial charge on any atom is 0.258 e. The van der Waals surface area contributed by atoms with Gasteiger partial charge in [0.05, 0.1) is 12.1 Å². The second-order valence-corrected chi connectivity index (χ2v) is 8.97. The average molecular weight is 425 g/mol. The molecule has 0 bridgehead atoms. The molecule has 31 heavy (non-hydrogen) atoms. The topological polar surface area (TPSA) is 77.8 Å². The number of rotatable bonds is 7. The Morgan fingerprint density at radius 2 is 1.94 bits per heavy atom. The number of carbonyl (C=O) groups excluding carboxylic acids is 1. The molecule has 166 valence electrons. The zero-order chi connectivity index (χ0) is 22.1. The standard InChI is InChI=1S/C24H32N4O3/c1-26(2)13-7-12-25-23(30)22-19(15-29)18-14-28-20(21(18)27(22)3)11-10-17(24(28)31)16-8-5-4-6-9-16/h4-6,8-11,18-19,21-22,29H,7,12-15H2,1-3H3,(H,25,30)/t18-,19-,21+,22-/m0/s1. The van der Waals surface area contributed by atoms with Gasteiger partial charge in [0.25, 0.3) is 5.56 Å². The highest BCUT2D eigenvalue weighted by atomic mass is 16.3. The number of hydrogen-bond donors (Lipinski definition) is 2. The van der Waals surface area contributed by atoms with Crippen molar-refractivity contribution in [3.63, 3.8) is 0 Å². The lowest BCUT2D eigenvalue weighted by Gasteiger charge is -2.27. The molecule has 2 aliphatic rings. The monoisotopic (exact) mass is 424 g/mol. The number of nitrogens with one attached hydrogen (secondary N) is 1. The van der Waals surface area contributed by atoms with Crippen molar-refractivity contribution in [1.82, 2.24) is 19.7 Å². The van der Waals surface area contributed by atoms with E-state index in [9.17, 15) is 14.7 Å². The Morgan fingerprint density at radius 1 is 1.19 bits per heavy atom. The molecule has 7 nitrogen and oxygen atoms in total. The normalized spacial score (nSPS) is 24.9. The summed E-state index contributed by atoms with van der Waals surface area (Å²) in [5.74, 6) is -0.209. The highest BCUT2D eigenvalue weighted by Crippen LogP contribution is 2.48. The molecule has 3 heterocycles. The number of aromatic nitrogens is 1. The summed E-state index contributed by atoms with van der Waals surface area (Å²) in [6, 6.07) is 13.1. The van der Waals surface area contributed by atoms with E-state index in [-0.39, 0.29) is 36.0 Å². The van der Waals surface area contributed by atoms with Crippen molar-refractivity contribution in [3.8, 4) is 11.1 Å². The number of aliphatic hydroxyl groups is 1. The third-order valence-electron chi connectivity index (χ3n) is 6.79. The fraction of sp³-hybridized carbons (Fsp3) is 0.500. The largest absolute Gasteiger partial charge is 0.396 e. The third-order valence-corrected chi connectivity index (χ3v) is 6.79. The van der Waals surface area contributed by atoms with Crippen LogP contribution in [0.3, 0.4) is 0 Å². The summed E-state index contributed by atoms with van der Waals surface area (Å²) in [5.41, 5.74) is 2.51. The molecule has 7 heteroatoms. The van der Waals surface area contributed by atoms with Crippen LogP contribution in [0.15, 0.2) is 47.3 Å². The van der Waals surface area contributed by atoms with Crippen molar-refractivity contribution in [2.24, 2.45) is 11.8 Å². The fourth-order valence-electron chi connectivity index (χ4n) is 5.32. The number of benzene rings is 1. The first-order valence-corrected chi connectivity index (χ1v) is 11.0. The Bertz CT molecular complexity index is 988. The van der Waals surface area contributed by atoms with E-state index in [4.69, 9.17) is 0 Å². The first-order valence-electron chi connectivity index (χ1n) is 11.0. The zero-order valence-electron chi connectivity index (χ0n) is 18.5. The molecular formula is C24H32N4O3. The van der Waals surface area contributed by atoms with Gasteiger partial charge in [0.2, 0.25) is 5.91 Å². The van der Waals surface area contributed by atoms with E-state index >= 15 is 0 Å². The lowest BCUT2D eigenvalue weighted by atomic mass is 9.88. The van der Waals surface area contributed by atoms with E-state index in [0.717, 1.165) is 24.2 Å². The van der Waals surface area contributed by atoms with Gasteiger partial charge in [-0.05, 0) is 51.8 Å². The van der Waals surface area contributed by atoms with E-state index in [0.29, 0.717) is 18.7 Å². The second-order valence-electron chi connectivity index (χ2n) is 8.97. The van der Waals surface area contributed by atoms with Gasteiger partial charge in [0, 0.05) is 42.8 Å². The number of carbonyl (C=O) groups is 1. The van der Waals surface area contributed by atoms with Crippen molar-refractivity contribution >= 4 is 5.91 Å². The quantitative estimate of drug-likeness (QED) is 0.653. The van der Waals surface area contributed by atoms with Crippen LogP contribution >= 0.6 is 0 Å². The summed E-state index contributed by atoms with van der Waals surface area (Å²) < 4.78 is 1.84. The maximum atomic E-state index is 13.2. The number of hydrogen-bond acceptors (Lipinski definition) is 5. The molecule has 0 radical (unpaired) electrons. The smallest absolute Gasteiger partial charge is 0.258 e. The third kappa shape index (κ3) is 3.93. The van der Waals surface area contributed by atoms with Gasteiger partial charge in [-0.1, -0.05) is 30.3 Å². The van der Waals surface area contributed by atoms with Gasteiger partial charge in [-0.2, -0.15) is 0 Å². The molecular weight excluding hydrogens is 392 g/mol. The van der Waals surface area contributed by atoms with Crippen LogP contribution in [0.25, 0.3) is 11.1 Å². The summed E-state index contributed by atoms with van der Waals surface area (Å²) >= 11 is 0. The van der Waals surface area contributed by atoms with Crippen molar-refractivity contribution in [3.05, 3.63) is 58.5 Å². The van der Waals surface area contributed by atoms with Crippen molar-refractivity contribution < 1.29 is 9.90 Å². The van der Waals surface area contributed by atoms with E-state index in [1.54, 1.807) is 0 Å². The Kier molecular flexibility index (Phi) is 6.27. The number of nitrogens with zero attached hydrogens (tertiary/aromatic N) is 3. The van der Waals surface area contributed by atoms with Gasteiger partial charge in [0.1, 0.15) is 0 Å². The SMILES string of the molecule is CN(C)CCCNC(=O)[C@@H]1[C@@H](CO)[C@@H]2Cn3c(ccc(-c4ccccc4)c3=O)[C@@H]2N1C. The molecule has 0 unspecified atom stereocenters. The van der Waals surface area contributed by atoms with Crippen LogP contribution in [0.1, 0.15) is 18.2 Å². The first-order chi connectivity index (χ1) is 14.9. The van der Waals surface area contributed by atoms with E-state index in [2.05, 4.69) is 10.2 Å². The number of likely N-dealkylation sites (N-methyl/N-ethyl adjacent to an activating group) is 1. The highest BCUT2D eigenvalue weighted by molar-refractivity contribution is 5.82. The van der Waals surface area contributed by atoms with Gasteiger partial charge < -0.3 is 19.9 Å². The minimum atomic E-state index is -0.392. The number of likely N-dealkylation sites (tertiary alicyclic amines) is 1. The van der Waals surface area contributed by atoms with Crippen LogP contribution in [0.4, 0.5) is 0 Å². The van der Waals surface area contributed by atoms with E-state index in [1.807, 2.05) is 73.1 Å². The summed E-state index contributed by atoms with van der Waals surface area (Å²) in [6.07, 6.45) is 0.881. The Balaban J connectivity index is 1.57. The first kappa shape index (κ1) is 21.7. The number of pyridine rings is 1. The number of aliphatic hydroxyl groups excluding tert-OH is 1. The minimum absolute atomic E-state index is 0.00660. The Hall–Kier alpha value is -2.48. The molecule has 4 rings (SSSR count). The molecule has 2 N–H and O–H groups in total. The zero-order valence-corrected chi connectivity index (χ0v) is 18.5. The van der Waals surface area contributed by atoms with Crippen molar-refractivity contribution in [2.75, 3.05) is 40.8 Å². The lowest BCUT2D eigenvalue weighted by molar-refractivity contribution is -0.127. The minimum Gasteiger partial charge on any atom is -0.396 e. The van der Waals surface area contributed by atoms with Crippen LogP contribution < -0.4 is 10.9 Å². The molecule has 1 amide bonds. The van der Waals surface area contributed by atoms with Gasteiger partial charge >= 0.3 is 0 Å². The fourth-order valence-corrected chi connectivity index (χ4v) is 5.32. The van der Waals surface area contributed by atoms with Crippen LogP contribution in [0.2, 0.25) is 0 Å². The highest BCUT2D eigenvalue weighted by Gasteiger charge is 2.54. The van der Waals surface area contributed by atoms with Gasteiger partial charge in [0.15, 0.2) is 0 Å². The molecule has 0 spiro atoms. The summed E-state index contributed by atoms with van der Waals surface area (Å²) in [5, 5.41) is 13.2. The van der Waals surface area contributed by atoms with Crippen LogP contribution in [-0.2, 0) is 11.3 Å². The van der Waals surface area contributed by atoms with Crippen molar-refractivity contribution in [2.45, 2.75) is 25.0 Å². The molecule has 4 atom stereocenters. The molecule has 0 saturated carbocycles. The lowest BCUT2D eigenvalue weighted by Crippen LogP contribution is -2.47. The Morgan fingerprint density at radius 3 is 2.61 bits per heavy atom. The average Bonchev–Trinajstić information content (AvgIpc) is 3.27. The summed E-state index contributed by atoms with van der Waals surface area (Å²) in [4.78, 5) is 30.3. The predicted octanol–water partition coefficient (Wildman–Crippen LogP) is 1.18. The van der Waals surface area contributed by atoms with Crippen LogP contribution in [0.5, 0.6) is 0 Å². The molecule has 1 fully saturated rings. The van der Waals surface area contributed by atoms with Gasteiger partial charge in [-0.15, -0.1) is 0 Å². The maximum absolute atomic E-state index is 13.2. The summed E-state index contributed by atoms with van der Waals surface area (Å²) in [6.45, 7) is 1.98. The van der Waals surface area contributed by atoms with E-state index in [1.165, 1.54) is 0 Å². The number of amides is 1. The van der Waals surface area contributed by atoms with E-state index < -0.39 is 6.04 Å². The van der Waals surface area contributed by atoms with Crippen LogP contribution in [-0.4, -0.2) is 72.3 Å². The predicted molar refractivity (Wildman–Crippen MR) is 121 cm³/mol. The Labute approximate surface area is 183 Å². The molecule has 2 aromatic rings. The summed E-state index contributed by atoms with van der Waals surface area (Å²) in [7, 11) is 5.96. The van der Waals surface area contributed by atoms with Crippen LogP contribution in [0, 0.1) is 11.8 Å². The molecule has 1 saturated heterocycles. The molecule has 1 aromatic carbocycles. The second kappa shape index (κ2) is 8.94. The van der Waals surface area contributed by atoms with Gasteiger partial charge in [-0.3, -0.25) is 14.5 Å².